The third kappa shape index (κ3) is 3.73. The van der Waals surface area contributed by atoms with Crippen LogP contribution in [-0.4, -0.2) is 5.11 Å². The second kappa shape index (κ2) is 6.42. The summed E-state index contributed by atoms with van der Waals surface area (Å²) in [7, 11) is 0. The van der Waals surface area contributed by atoms with Crippen LogP contribution < -0.4 is 0 Å². The van der Waals surface area contributed by atoms with Crippen LogP contribution >= 0.6 is 34.2 Å². The molecule has 1 nitrogen and oxygen atoms in total. The molecule has 0 fully saturated rings. The third-order valence-electron chi connectivity index (χ3n) is 2.88. The maximum atomic E-state index is 10.8. The topological polar surface area (TPSA) is 20.2 Å². The number of halogens is 2. The molecule has 3 heteroatoms. The Morgan fingerprint density at radius 2 is 1.68 bits per heavy atom. The highest BCUT2D eigenvalue weighted by Crippen LogP contribution is 2.26. The normalized spacial score (nSPS) is 13.2. The van der Waals surface area contributed by atoms with Crippen molar-refractivity contribution in [2.24, 2.45) is 0 Å². The first-order valence-electron chi connectivity index (χ1n) is 5.79. The SMILES string of the molecule is OC(C#CI)(Cc1ccccc1)c1ccc(Cl)cc1. The highest BCUT2D eigenvalue weighted by Gasteiger charge is 2.27. The minimum absolute atomic E-state index is 0.450. The fraction of sp³-hybridized carbons (Fsp3) is 0.125. The van der Waals surface area contributed by atoms with Gasteiger partial charge in [-0.25, -0.2) is 0 Å². The lowest BCUT2D eigenvalue weighted by Gasteiger charge is -2.23. The van der Waals surface area contributed by atoms with Gasteiger partial charge in [0.1, 0.15) is 0 Å². The molecule has 0 amide bonds. The van der Waals surface area contributed by atoms with E-state index in [1.165, 1.54) is 0 Å². The molecule has 19 heavy (non-hydrogen) atoms. The van der Waals surface area contributed by atoms with Crippen molar-refractivity contribution >= 4 is 34.2 Å². The molecule has 0 bridgehead atoms. The predicted molar refractivity (Wildman–Crippen MR) is 87.3 cm³/mol. The average molecular weight is 383 g/mol. The van der Waals surface area contributed by atoms with Gasteiger partial charge in [0.15, 0.2) is 5.60 Å². The van der Waals surface area contributed by atoms with Gasteiger partial charge >= 0.3 is 0 Å². The summed E-state index contributed by atoms with van der Waals surface area (Å²) in [5.74, 6) is 2.89. The Morgan fingerprint density at radius 3 is 2.26 bits per heavy atom. The first-order chi connectivity index (χ1) is 9.14. The maximum absolute atomic E-state index is 10.8. The lowest BCUT2D eigenvalue weighted by Crippen LogP contribution is -2.26. The van der Waals surface area contributed by atoms with Gasteiger partial charge < -0.3 is 5.11 Å². The number of rotatable bonds is 3. The molecule has 0 aliphatic rings. The number of benzene rings is 2. The van der Waals surface area contributed by atoms with E-state index in [0.717, 1.165) is 11.1 Å². The molecular weight excluding hydrogens is 371 g/mol. The van der Waals surface area contributed by atoms with Crippen molar-refractivity contribution in [3.8, 4) is 9.85 Å². The van der Waals surface area contributed by atoms with Gasteiger partial charge in [0.05, 0.1) is 0 Å². The molecule has 0 radical (unpaired) electrons. The Morgan fingerprint density at radius 1 is 1.05 bits per heavy atom. The van der Waals surface area contributed by atoms with Crippen LogP contribution in [0.15, 0.2) is 54.6 Å². The zero-order valence-electron chi connectivity index (χ0n) is 10.1. The average Bonchev–Trinajstić information content (AvgIpc) is 2.40. The third-order valence-corrected chi connectivity index (χ3v) is 3.40. The van der Waals surface area contributed by atoms with E-state index in [-0.39, 0.29) is 0 Å². The van der Waals surface area contributed by atoms with E-state index in [9.17, 15) is 5.11 Å². The number of hydrogen-bond donors (Lipinski definition) is 1. The van der Waals surface area contributed by atoms with Crippen molar-refractivity contribution in [2.45, 2.75) is 12.0 Å². The molecule has 1 atom stereocenters. The molecular formula is C16H12ClIO. The summed E-state index contributed by atoms with van der Waals surface area (Å²) in [4.78, 5) is 0. The minimum atomic E-state index is -1.19. The lowest BCUT2D eigenvalue weighted by atomic mass is 9.88. The number of aliphatic hydroxyl groups is 1. The summed E-state index contributed by atoms with van der Waals surface area (Å²) in [6.45, 7) is 0. The predicted octanol–water partition coefficient (Wildman–Crippen LogP) is 4.17. The zero-order valence-corrected chi connectivity index (χ0v) is 13.0. The Bertz CT molecular complexity index is 598. The van der Waals surface area contributed by atoms with Crippen molar-refractivity contribution in [1.82, 2.24) is 0 Å². The molecule has 0 spiro atoms. The fourth-order valence-corrected chi connectivity index (χ4v) is 2.49. The molecule has 2 aromatic rings. The Hall–Kier alpha value is -1.02. The van der Waals surface area contributed by atoms with Gasteiger partial charge in [0, 0.05) is 34.0 Å². The van der Waals surface area contributed by atoms with Crippen molar-refractivity contribution in [3.05, 3.63) is 70.7 Å². The van der Waals surface area contributed by atoms with Crippen LogP contribution in [0.2, 0.25) is 5.02 Å². The van der Waals surface area contributed by atoms with E-state index >= 15 is 0 Å². The molecule has 96 valence electrons. The van der Waals surface area contributed by atoms with Crippen LogP contribution in [0.5, 0.6) is 0 Å². The summed E-state index contributed by atoms with van der Waals surface area (Å²) < 4.78 is 2.78. The summed E-state index contributed by atoms with van der Waals surface area (Å²) in [6, 6.07) is 17.0. The first-order valence-corrected chi connectivity index (χ1v) is 7.25. The van der Waals surface area contributed by atoms with E-state index in [2.05, 4.69) is 9.85 Å². The molecule has 0 saturated carbocycles. The molecule has 0 aliphatic heterocycles. The quantitative estimate of drug-likeness (QED) is 0.624. The largest absolute Gasteiger partial charge is 0.373 e. The smallest absolute Gasteiger partial charge is 0.155 e. The van der Waals surface area contributed by atoms with E-state index in [1.54, 1.807) is 12.1 Å². The van der Waals surface area contributed by atoms with Gasteiger partial charge in [-0.1, -0.05) is 60.0 Å². The molecule has 0 aromatic heterocycles. The van der Waals surface area contributed by atoms with Crippen LogP contribution in [0.3, 0.4) is 0 Å². The first kappa shape index (κ1) is 14.4. The van der Waals surface area contributed by atoms with E-state index in [4.69, 9.17) is 11.6 Å². The fourth-order valence-electron chi connectivity index (χ4n) is 1.91. The van der Waals surface area contributed by atoms with Gasteiger partial charge in [0.2, 0.25) is 0 Å². The van der Waals surface area contributed by atoms with Gasteiger partial charge in [-0.15, -0.1) is 0 Å². The van der Waals surface area contributed by atoms with Crippen LogP contribution in [-0.2, 0) is 12.0 Å². The Kier molecular flexibility index (Phi) is 4.87. The van der Waals surface area contributed by atoms with Crippen molar-refractivity contribution in [1.29, 1.82) is 0 Å². The highest BCUT2D eigenvalue weighted by atomic mass is 127. The minimum Gasteiger partial charge on any atom is -0.373 e. The van der Waals surface area contributed by atoms with E-state index in [0.29, 0.717) is 11.4 Å². The molecule has 2 aromatic carbocycles. The molecule has 0 aliphatic carbocycles. The van der Waals surface area contributed by atoms with Crippen LogP contribution in [0.4, 0.5) is 0 Å². The summed E-state index contributed by atoms with van der Waals surface area (Å²) in [6.07, 6.45) is 0.450. The van der Waals surface area contributed by atoms with Crippen molar-refractivity contribution in [3.63, 3.8) is 0 Å². The summed E-state index contributed by atoms with van der Waals surface area (Å²) in [5, 5.41) is 11.5. The van der Waals surface area contributed by atoms with E-state index in [1.807, 2.05) is 65.1 Å². The Labute approximate surface area is 131 Å². The van der Waals surface area contributed by atoms with Gasteiger partial charge in [-0.2, -0.15) is 0 Å². The second-order valence-corrected chi connectivity index (χ2v) is 5.22. The second-order valence-electron chi connectivity index (χ2n) is 4.25. The molecule has 2 rings (SSSR count). The maximum Gasteiger partial charge on any atom is 0.155 e. The zero-order chi connectivity index (χ0) is 13.7. The van der Waals surface area contributed by atoms with Crippen molar-refractivity contribution in [2.75, 3.05) is 0 Å². The molecule has 0 heterocycles. The Balaban J connectivity index is 2.37. The molecule has 1 N–H and O–H groups in total. The van der Waals surface area contributed by atoms with Crippen LogP contribution in [0, 0.1) is 9.85 Å². The van der Waals surface area contributed by atoms with Gasteiger partial charge in [-0.3, -0.25) is 0 Å². The molecule has 1 unspecified atom stereocenters. The lowest BCUT2D eigenvalue weighted by molar-refractivity contribution is 0.101. The number of hydrogen-bond acceptors (Lipinski definition) is 1. The van der Waals surface area contributed by atoms with Gasteiger partial charge in [0.25, 0.3) is 0 Å². The van der Waals surface area contributed by atoms with Gasteiger partial charge in [-0.05, 0) is 27.2 Å². The standard InChI is InChI=1S/C16H12ClIO/c17-15-8-6-14(7-9-15)16(19,10-11-18)12-13-4-2-1-3-5-13/h1-9,19H,12H2. The monoisotopic (exact) mass is 382 g/mol. The van der Waals surface area contributed by atoms with Crippen LogP contribution in [0.25, 0.3) is 0 Å². The highest BCUT2D eigenvalue weighted by molar-refractivity contribution is 14.1. The van der Waals surface area contributed by atoms with Crippen molar-refractivity contribution < 1.29 is 5.11 Å². The summed E-state index contributed by atoms with van der Waals surface area (Å²) >= 11 is 7.82. The summed E-state index contributed by atoms with van der Waals surface area (Å²) in [5.41, 5.74) is 0.608. The van der Waals surface area contributed by atoms with Crippen LogP contribution in [0.1, 0.15) is 11.1 Å². The molecule has 0 saturated heterocycles. The van der Waals surface area contributed by atoms with E-state index < -0.39 is 5.60 Å².